The minimum Gasteiger partial charge on any atom is -0.481 e. The van der Waals surface area contributed by atoms with E-state index < -0.39 is 11.5 Å². The van der Waals surface area contributed by atoms with Crippen molar-refractivity contribution in [2.45, 2.75) is 6.54 Å². The van der Waals surface area contributed by atoms with Gasteiger partial charge in [0.2, 0.25) is 5.88 Å². The molecule has 1 N–H and O–H groups in total. The number of methoxy groups -OCH3 is 1. The zero-order valence-electron chi connectivity index (χ0n) is 10.1. The molecule has 0 amide bonds. The molecule has 2 aromatic rings. The summed E-state index contributed by atoms with van der Waals surface area (Å²) in [5.41, 5.74) is 0.0560. The second-order valence-corrected chi connectivity index (χ2v) is 3.69. The number of aromatic nitrogens is 3. The maximum absolute atomic E-state index is 11.6. The maximum Gasteiger partial charge on any atom is 0.356 e. The average Bonchev–Trinajstić information content (AvgIpc) is 2.41. The van der Waals surface area contributed by atoms with Gasteiger partial charge in [0, 0.05) is 17.8 Å². The van der Waals surface area contributed by atoms with E-state index in [4.69, 9.17) is 9.84 Å². The SMILES string of the molecule is COc1ncccc1Cn1nc(C(=O)O)ccc1=O. The van der Waals surface area contributed by atoms with E-state index in [9.17, 15) is 9.59 Å². The first-order valence-corrected chi connectivity index (χ1v) is 5.41. The normalized spacial score (nSPS) is 10.2. The molecule has 0 aliphatic carbocycles. The van der Waals surface area contributed by atoms with Crippen LogP contribution in [0.25, 0.3) is 0 Å². The van der Waals surface area contributed by atoms with E-state index in [1.54, 1.807) is 18.3 Å². The first-order valence-electron chi connectivity index (χ1n) is 5.41. The van der Waals surface area contributed by atoms with Gasteiger partial charge >= 0.3 is 5.97 Å². The molecule has 0 radical (unpaired) electrons. The van der Waals surface area contributed by atoms with Crippen molar-refractivity contribution >= 4 is 5.97 Å². The Balaban J connectivity index is 2.40. The Morgan fingerprint density at radius 2 is 2.21 bits per heavy atom. The highest BCUT2D eigenvalue weighted by Crippen LogP contribution is 2.13. The molecule has 0 aliphatic heterocycles. The number of carboxylic acids is 1. The van der Waals surface area contributed by atoms with Gasteiger partial charge in [0.1, 0.15) is 0 Å². The zero-order chi connectivity index (χ0) is 13.8. The van der Waals surface area contributed by atoms with Crippen LogP contribution in [0.1, 0.15) is 16.1 Å². The summed E-state index contributed by atoms with van der Waals surface area (Å²) < 4.78 is 6.12. The maximum atomic E-state index is 11.6. The number of hydrogen-bond donors (Lipinski definition) is 1. The quantitative estimate of drug-likeness (QED) is 0.855. The number of carboxylic acid groups (broad SMARTS) is 1. The predicted octanol–water partition coefficient (Wildman–Crippen LogP) is 0.393. The molecule has 0 aliphatic rings. The number of carbonyl (C=O) groups is 1. The molecular weight excluding hydrogens is 250 g/mol. The molecule has 0 atom stereocenters. The Morgan fingerprint density at radius 1 is 1.42 bits per heavy atom. The lowest BCUT2D eigenvalue weighted by Crippen LogP contribution is -2.25. The summed E-state index contributed by atoms with van der Waals surface area (Å²) in [7, 11) is 1.47. The van der Waals surface area contributed by atoms with Crippen LogP contribution < -0.4 is 10.3 Å². The van der Waals surface area contributed by atoms with Crippen molar-refractivity contribution in [3.8, 4) is 5.88 Å². The van der Waals surface area contributed by atoms with E-state index in [0.717, 1.165) is 4.68 Å². The third-order valence-corrected chi connectivity index (χ3v) is 2.45. The van der Waals surface area contributed by atoms with Gasteiger partial charge in [0.05, 0.1) is 13.7 Å². The summed E-state index contributed by atoms with van der Waals surface area (Å²) in [5.74, 6) is -0.816. The number of aromatic carboxylic acids is 1. The largest absolute Gasteiger partial charge is 0.481 e. The van der Waals surface area contributed by atoms with Crippen molar-refractivity contribution in [1.82, 2.24) is 14.8 Å². The first kappa shape index (κ1) is 12.7. The summed E-state index contributed by atoms with van der Waals surface area (Å²) in [6, 6.07) is 5.76. The monoisotopic (exact) mass is 261 g/mol. The molecule has 0 bridgehead atoms. The molecular formula is C12H11N3O4. The Kier molecular flexibility index (Phi) is 3.56. The molecule has 98 valence electrons. The van der Waals surface area contributed by atoms with Gasteiger partial charge in [0.25, 0.3) is 5.56 Å². The van der Waals surface area contributed by atoms with E-state index in [1.807, 2.05) is 0 Å². The second-order valence-electron chi connectivity index (χ2n) is 3.69. The number of rotatable bonds is 4. The van der Waals surface area contributed by atoms with Crippen LogP contribution in [-0.2, 0) is 6.54 Å². The van der Waals surface area contributed by atoms with Crippen molar-refractivity contribution in [2.24, 2.45) is 0 Å². The van der Waals surface area contributed by atoms with Crippen molar-refractivity contribution in [1.29, 1.82) is 0 Å². The van der Waals surface area contributed by atoms with E-state index >= 15 is 0 Å². The van der Waals surface area contributed by atoms with Gasteiger partial charge in [-0.25, -0.2) is 14.5 Å². The van der Waals surface area contributed by atoms with Crippen molar-refractivity contribution in [3.05, 3.63) is 52.1 Å². The highest BCUT2D eigenvalue weighted by molar-refractivity contribution is 5.84. The molecule has 2 aromatic heterocycles. The molecule has 0 fully saturated rings. The average molecular weight is 261 g/mol. The Morgan fingerprint density at radius 3 is 2.89 bits per heavy atom. The number of hydrogen-bond acceptors (Lipinski definition) is 5. The fourth-order valence-corrected chi connectivity index (χ4v) is 1.57. The van der Waals surface area contributed by atoms with E-state index in [0.29, 0.717) is 11.4 Å². The smallest absolute Gasteiger partial charge is 0.356 e. The molecule has 2 rings (SSSR count). The number of nitrogens with zero attached hydrogens (tertiary/aromatic N) is 3. The number of pyridine rings is 1. The van der Waals surface area contributed by atoms with Crippen LogP contribution in [0.2, 0.25) is 0 Å². The van der Waals surface area contributed by atoms with Gasteiger partial charge in [0.15, 0.2) is 5.69 Å². The highest BCUT2D eigenvalue weighted by Gasteiger charge is 2.10. The fraction of sp³-hybridized carbons (Fsp3) is 0.167. The summed E-state index contributed by atoms with van der Waals surface area (Å²) in [6.07, 6.45) is 1.56. The van der Waals surface area contributed by atoms with E-state index in [-0.39, 0.29) is 12.2 Å². The minimum absolute atomic E-state index is 0.0942. The Labute approximate surface area is 108 Å². The van der Waals surface area contributed by atoms with Gasteiger partial charge < -0.3 is 9.84 Å². The highest BCUT2D eigenvalue weighted by atomic mass is 16.5. The number of ether oxygens (including phenoxy) is 1. The molecule has 0 aromatic carbocycles. The van der Waals surface area contributed by atoms with Crippen molar-refractivity contribution in [2.75, 3.05) is 7.11 Å². The van der Waals surface area contributed by atoms with Crippen LogP contribution in [0.3, 0.4) is 0 Å². The Bertz CT molecular complexity index is 666. The molecule has 0 saturated carbocycles. The Hall–Kier alpha value is -2.70. The third-order valence-electron chi connectivity index (χ3n) is 2.45. The van der Waals surface area contributed by atoms with Crippen LogP contribution in [0.5, 0.6) is 5.88 Å². The lowest BCUT2D eigenvalue weighted by atomic mass is 10.2. The van der Waals surface area contributed by atoms with Crippen LogP contribution in [0.15, 0.2) is 35.3 Å². The van der Waals surface area contributed by atoms with Gasteiger partial charge in [-0.3, -0.25) is 4.79 Å². The molecule has 7 heteroatoms. The van der Waals surface area contributed by atoms with Gasteiger partial charge in [-0.2, -0.15) is 5.10 Å². The zero-order valence-corrected chi connectivity index (χ0v) is 10.1. The topological polar surface area (TPSA) is 94.3 Å². The van der Waals surface area contributed by atoms with Crippen LogP contribution >= 0.6 is 0 Å². The van der Waals surface area contributed by atoms with E-state index in [2.05, 4.69) is 10.1 Å². The minimum atomic E-state index is -1.19. The lowest BCUT2D eigenvalue weighted by molar-refractivity contribution is 0.0687. The fourth-order valence-electron chi connectivity index (χ4n) is 1.57. The molecule has 19 heavy (non-hydrogen) atoms. The van der Waals surface area contributed by atoms with Crippen molar-refractivity contribution < 1.29 is 14.6 Å². The summed E-state index contributed by atoms with van der Waals surface area (Å²) in [5, 5.41) is 12.6. The summed E-state index contributed by atoms with van der Waals surface area (Å²) in [4.78, 5) is 26.5. The second kappa shape index (κ2) is 5.30. The van der Waals surface area contributed by atoms with Crippen LogP contribution in [0.4, 0.5) is 0 Å². The van der Waals surface area contributed by atoms with Gasteiger partial charge in [-0.1, -0.05) is 6.07 Å². The molecule has 0 unspecified atom stereocenters. The van der Waals surface area contributed by atoms with Gasteiger partial charge in [-0.05, 0) is 12.1 Å². The molecule has 2 heterocycles. The summed E-state index contributed by atoms with van der Waals surface area (Å²) >= 11 is 0. The predicted molar refractivity (Wildman–Crippen MR) is 65.3 cm³/mol. The lowest BCUT2D eigenvalue weighted by Gasteiger charge is -2.08. The van der Waals surface area contributed by atoms with E-state index in [1.165, 1.54) is 19.2 Å². The molecule has 0 spiro atoms. The molecule has 0 saturated heterocycles. The van der Waals surface area contributed by atoms with Crippen LogP contribution in [-0.4, -0.2) is 33.0 Å². The standard InChI is InChI=1S/C12H11N3O4/c1-19-11-8(3-2-6-13-11)7-15-10(16)5-4-9(14-15)12(17)18/h2-6H,7H2,1H3,(H,17,18). The van der Waals surface area contributed by atoms with Crippen LogP contribution in [0, 0.1) is 0 Å². The molecule has 7 nitrogen and oxygen atoms in total. The first-order chi connectivity index (χ1) is 9.11. The van der Waals surface area contributed by atoms with Crippen molar-refractivity contribution in [3.63, 3.8) is 0 Å². The van der Waals surface area contributed by atoms with Gasteiger partial charge in [-0.15, -0.1) is 0 Å². The summed E-state index contributed by atoms with van der Waals surface area (Å²) in [6.45, 7) is 0.0942. The third kappa shape index (κ3) is 2.76.